The van der Waals surface area contributed by atoms with Crippen LogP contribution in [0.25, 0.3) is 5.69 Å². The van der Waals surface area contributed by atoms with Crippen molar-refractivity contribution in [2.24, 2.45) is 0 Å². The molecule has 0 saturated carbocycles. The number of aromatic nitrogens is 2. The Balaban J connectivity index is 1.80. The molecule has 0 aliphatic heterocycles. The van der Waals surface area contributed by atoms with E-state index < -0.39 is 0 Å². The molecular formula is C20H21N3O. The van der Waals surface area contributed by atoms with E-state index in [4.69, 9.17) is 0 Å². The number of nitrogens with zero attached hydrogens (tertiary/aromatic N) is 2. The van der Waals surface area contributed by atoms with E-state index in [0.717, 1.165) is 11.3 Å². The van der Waals surface area contributed by atoms with Crippen molar-refractivity contribution in [3.05, 3.63) is 88.5 Å². The fourth-order valence-electron chi connectivity index (χ4n) is 2.66. The molecule has 4 nitrogen and oxygen atoms in total. The molecule has 1 N–H and O–H groups in total. The highest BCUT2D eigenvalue weighted by Crippen LogP contribution is 2.14. The van der Waals surface area contributed by atoms with Gasteiger partial charge in [-0.25, -0.2) is 4.98 Å². The Hall–Kier alpha value is -2.88. The van der Waals surface area contributed by atoms with Crippen LogP contribution in [0.5, 0.6) is 0 Å². The van der Waals surface area contributed by atoms with Crippen LogP contribution in [0.4, 0.5) is 5.82 Å². The number of nitrogens with one attached hydrogen (secondary N) is 1. The molecular weight excluding hydrogens is 298 g/mol. The highest BCUT2D eigenvalue weighted by Gasteiger charge is 2.09. The average molecular weight is 319 g/mol. The summed E-state index contributed by atoms with van der Waals surface area (Å²) >= 11 is 0. The van der Waals surface area contributed by atoms with E-state index in [1.165, 1.54) is 5.56 Å². The van der Waals surface area contributed by atoms with Crippen LogP contribution < -0.4 is 10.9 Å². The van der Waals surface area contributed by atoms with Gasteiger partial charge in [0.15, 0.2) is 5.82 Å². The normalized spacial score (nSPS) is 11.9. The number of hydrogen-bond donors (Lipinski definition) is 1. The van der Waals surface area contributed by atoms with E-state index >= 15 is 0 Å². The van der Waals surface area contributed by atoms with Gasteiger partial charge in [0, 0.05) is 24.6 Å². The molecule has 1 heterocycles. The van der Waals surface area contributed by atoms with Crippen molar-refractivity contribution in [3.63, 3.8) is 0 Å². The number of rotatable bonds is 5. The SMILES string of the molecule is Cc1cccc(-n2ccnc(NCC(C)c3ccccc3)c2=O)c1. The van der Waals surface area contributed by atoms with Crippen molar-refractivity contribution in [1.29, 1.82) is 0 Å². The molecule has 1 aromatic heterocycles. The third-order valence-electron chi connectivity index (χ3n) is 4.06. The zero-order chi connectivity index (χ0) is 16.9. The third-order valence-corrected chi connectivity index (χ3v) is 4.06. The van der Waals surface area contributed by atoms with Gasteiger partial charge in [-0.2, -0.15) is 0 Å². The Morgan fingerprint density at radius 2 is 1.92 bits per heavy atom. The second kappa shape index (κ2) is 7.13. The van der Waals surface area contributed by atoms with Gasteiger partial charge in [0.2, 0.25) is 0 Å². The van der Waals surface area contributed by atoms with Crippen molar-refractivity contribution >= 4 is 5.82 Å². The second-order valence-electron chi connectivity index (χ2n) is 5.98. The van der Waals surface area contributed by atoms with Crippen LogP contribution in [0.2, 0.25) is 0 Å². The van der Waals surface area contributed by atoms with Crippen LogP contribution in [0.3, 0.4) is 0 Å². The quantitative estimate of drug-likeness (QED) is 0.779. The van der Waals surface area contributed by atoms with Crippen LogP contribution in [0, 0.1) is 6.92 Å². The first-order valence-electron chi connectivity index (χ1n) is 8.08. The molecule has 0 aliphatic carbocycles. The molecule has 24 heavy (non-hydrogen) atoms. The van der Waals surface area contributed by atoms with Gasteiger partial charge in [0.1, 0.15) is 0 Å². The predicted molar refractivity (Wildman–Crippen MR) is 97.9 cm³/mol. The molecule has 3 aromatic rings. The summed E-state index contributed by atoms with van der Waals surface area (Å²) in [5.41, 5.74) is 3.06. The zero-order valence-corrected chi connectivity index (χ0v) is 13.9. The summed E-state index contributed by atoms with van der Waals surface area (Å²) in [5, 5.41) is 3.19. The standard InChI is InChI=1S/C20H21N3O/c1-15-7-6-10-18(13-15)23-12-11-21-19(20(23)24)22-14-16(2)17-8-4-3-5-9-17/h3-13,16H,14H2,1-2H3,(H,21,22). The van der Waals surface area contributed by atoms with Gasteiger partial charge >= 0.3 is 0 Å². The number of benzene rings is 2. The van der Waals surface area contributed by atoms with E-state index in [1.54, 1.807) is 17.0 Å². The Labute approximate surface area is 141 Å². The molecule has 0 saturated heterocycles. The van der Waals surface area contributed by atoms with Gasteiger partial charge in [-0.05, 0) is 36.1 Å². The molecule has 2 aromatic carbocycles. The van der Waals surface area contributed by atoms with Crippen molar-refractivity contribution in [3.8, 4) is 5.69 Å². The first kappa shape index (κ1) is 16.0. The van der Waals surface area contributed by atoms with Gasteiger partial charge < -0.3 is 5.32 Å². The van der Waals surface area contributed by atoms with E-state index in [2.05, 4.69) is 29.4 Å². The van der Waals surface area contributed by atoms with Crippen LogP contribution in [0.1, 0.15) is 24.0 Å². The summed E-state index contributed by atoms with van der Waals surface area (Å²) in [6.45, 7) is 4.80. The van der Waals surface area contributed by atoms with Crippen LogP contribution in [0.15, 0.2) is 71.8 Å². The van der Waals surface area contributed by atoms with Crippen LogP contribution in [-0.4, -0.2) is 16.1 Å². The van der Waals surface area contributed by atoms with Gasteiger partial charge in [0.05, 0.1) is 0 Å². The van der Waals surface area contributed by atoms with Crippen molar-refractivity contribution in [2.45, 2.75) is 19.8 Å². The van der Waals surface area contributed by atoms with Gasteiger partial charge in [-0.1, -0.05) is 49.4 Å². The lowest BCUT2D eigenvalue weighted by Crippen LogP contribution is -2.24. The zero-order valence-electron chi connectivity index (χ0n) is 13.9. The summed E-state index contributed by atoms with van der Waals surface area (Å²) in [6.07, 6.45) is 3.35. The fraction of sp³-hybridized carbons (Fsp3) is 0.200. The van der Waals surface area contributed by atoms with Gasteiger partial charge in [0.25, 0.3) is 5.56 Å². The van der Waals surface area contributed by atoms with Crippen LogP contribution in [-0.2, 0) is 0 Å². The minimum atomic E-state index is -0.136. The number of hydrogen-bond acceptors (Lipinski definition) is 3. The Bertz CT molecular complexity index is 871. The van der Waals surface area contributed by atoms with E-state index in [0.29, 0.717) is 18.3 Å². The van der Waals surface area contributed by atoms with Gasteiger partial charge in [-0.3, -0.25) is 9.36 Å². The van der Waals surface area contributed by atoms with E-state index in [1.807, 2.05) is 49.4 Å². The Kier molecular flexibility index (Phi) is 4.75. The minimum absolute atomic E-state index is 0.136. The van der Waals surface area contributed by atoms with Crippen molar-refractivity contribution < 1.29 is 0 Å². The molecule has 0 bridgehead atoms. The maximum atomic E-state index is 12.7. The monoisotopic (exact) mass is 319 g/mol. The number of aryl methyl sites for hydroxylation is 1. The Morgan fingerprint density at radius 3 is 2.67 bits per heavy atom. The van der Waals surface area contributed by atoms with Crippen molar-refractivity contribution in [1.82, 2.24) is 9.55 Å². The molecule has 3 rings (SSSR count). The molecule has 0 amide bonds. The maximum absolute atomic E-state index is 12.7. The molecule has 0 fully saturated rings. The molecule has 0 spiro atoms. The molecule has 0 aliphatic rings. The first-order valence-corrected chi connectivity index (χ1v) is 8.08. The molecule has 1 unspecified atom stereocenters. The summed E-state index contributed by atoms with van der Waals surface area (Å²) in [6, 6.07) is 18.1. The second-order valence-corrected chi connectivity index (χ2v) is 5.98. The average Bonchev–Trinajstić information content (AvgIpc) is 2.61. The topological polar surface area (TPSA) is 46.9 Å². The largest absolute Gasteiger partial charge is 0.365 e. The molecule has 122 valence electrons. The predicted octanol–water partition coefficient (Wildman–Crippen LogP) is 3.76. The smallest absolute Gasteiger partial charge is 0.297 e. The molecule has 0 radical (unpaired) electrons. The molecule has 4 heteroatoms. The fourth-order valence-corrected chi connectivity index (χ4v) is 2.66. The van der Waals surface area contributed by atoms with Crippen LogP contribution >= 0.6 is 0 Å². The van der Waals surface area contributed by atoms with E-state index in [9.17, 15) is 4.79 Å². The van der Waals surface area contributed by atoms with Crippen molar-refractivity contribution in [2.75, 3.05) is 11.9 Å². The Morgan fingerprint density at radius 1 is 1.12 bits per heavy atom. The lowest BCUT2D eigenvalue weighted by Gasteiger charge is -2.14. The third kappa shape index (κ3) is 3.54. The van der Waals surface area contributed by atoms with Gasteiger partial charge in [-0.15, -0.1) is 0 Å². The summed E-state index contributed by atoms with van der Waals surface area (Å²) in [5.74, 6) is 0.668. The van der Waals surface area contributed by atoms with E-state index in [-0.39, 0.29) is 5.56 Å². The lowest BCUT2D eigenvalue weighted by atomic mass is 10.0. The lowest BCUT2D eigenvalue weighted by molar-refractivity contribution is 0.796. The number of anilines is 1. The highest BCUT2D eigenvalue weighted by molar-refractivity contribution is 5.40. The minimum Gasteiger partial charge on any atom is -0.365 e. The summed E-state index contributed by atoms with van der Waals surface area (Å²) in [7, 11) is 0. The first-order chi connectivity index (χ1) is 11.6. The molecule has 1 atom stereocenters. The summed E-state index contributed by atoms with van der Waals surface area (Å²) in [4.78, 5) is 16.9. The highest BCUT2D eigenvalue weighted by atomic mass is 16.1. The summed E-state index contributed by atoms with van der Waals surface area (Å²) < 4.78 is 1.62. The maximum Gasteiger partial charge on any atom is 0.297 e.